The Bertz CT molecular complexity index is 519. The van der Waals surface area contributed by atoms with Crippen molar-refractivity contribution < 1.29 is 4.57 Å². The maximum absolute atomic E-state index is 13.4. The van der Waals surface area contributed by atoms with Crippen molar-refractivity contribution in [2.45, 2.75) is 25.9 Å². The van der Waals surface area contributed by atoms with Gasteiger partial charge in [0.05, 0.1) is 0 Å². The van der Waals surface area contributed by atoms with Crippen molar-refractivity contribution in [1.82, 2.24) is 0 Å². The molecule has 1 nitrogen and oxygen atoms in total. The van der Waals surface area contributed by atoms with Crippen LogP contribution in [0, 0.1) is 17.8 Å². The van der Waals surface area contributed by atoms with Crippen molar-refractivity contribution in [3.05, 3.63) is 42.5 Å². The molecule has 1 saturated heterocycles. The molecule has 0 radical (unpaired) electrons. The Kier molecular flexibility index (Phi) is 2.79. The molecule has 18 heavy (non-hydrogen) atoms. The predicted molar refractivity (Wildman–Crippen MR) is 77.9 cm³/mol. The van der Waals surface area contributed by atoms with Crippen molar-refractivity contribution in [3.8, 4) is 0 Å². The zero-order chi connectivity index (χ0) is 12.9. The number of fused-ring (bicyclic) bond motifs is 2. The second kappa shape index (κ2) is 4.10. The molecule has 1 aromatic carbocycles. The fraction of sp³-hybridized carbons (Fsp3) is 0.500. The summed E-state index contributed by atoms with van der Waals surface area (Å²) in [6.45, 7) is 8.54. The van der Waals surface area contributed by atoms with Gasteiger partial charge in [0, 0.05) is 17.1 Å². The molecule has 0 amide bonds. The highest BCUT2D eigenvalue weighted by Gasteiger charge is 2.57. The van der Waals surface area contributed by atoms with Gasteiger partial charge in [0.1, 0.15) is 7.14 Å². The van der Waals surface area contributed by atoms with E-state index in [-0.39, 0.29) is 0 Å². The summed E-state index contributed by atoms with van der Waals surface area (Å²) in [6.07, 6.45) is 1.99. The second-order valence-electron chi connectivity index (χ2n) is 6.09. The third kappa shape index (κ3) is 1.57. The second-order valence-corrected chi connectivity index (χ2v) is 9.23. The Balaban J connectivity index is 1.97. The Morgan fingerprint density at radius 3 is 2.50 bits per heavy atom. The summed E-state index contributed by atoms with van der Waals surface area (Å²) in [4.78, 5) is 0. The molecule has 2 unspecified atom stereocenters. The summed E-state index contributed by atoms with van der Waals surface area (Å²) in [5.74, 6) is 1.80. The number of rotatable bonds is 2. The van der Waals surface area contributed by atoms with E-state index in [0.29, 0.717) is 23.4 Å². The molecule has 1 aliphatic heterocycles. The van der Waals surface area contributed by atoms with Gasteiger partial charge in [0.15, 0.2) is 0 Å². The van der Waals surface area contributed by atoms with Crippen LogP contribution in [0.2, 0.25) is 0 Å². The van der Waals surface area contributed by atoms with Gasteiger partial charge in [-0.15, -0.1) is 0 Å². The third-order valence-electron chi connectivity index (χ3n) is 5.14. The maximum Gasteiger partial charge on any atom is 0.119 e. The number of benzene rings is 1. The molecule has 0 N–H and O–H groups in total. The van der Waals surface area contributed by atoms with Crippen LogP contribution in [0.25, 0.3) is 0 Å². The zero-order valence-corrected chi connectivity index (χ0v) is 12.1. The summed E-state index contributed by atoms with van der Waals surface area (Å²) in [5, 5.41) is 1.10. The van der Waals surface area contributed by atoms with Crippen LogP contribution in [0.3, 0.4) is 0 Å². The lowest BCUT2D eigenvalue weighted by Gasteiger charge is -2.29. The predicted octanol–water partition coefficient (Wildman–Crippen LogP) is 3.91. The van der Waals surface area contributed by atoms with Gasteiger partial charge in [0.25, 0.3) is 0 Å². The van der Waals surface area contributed by atoms with Gasteiger partial charge in [-0.05, 0) is 31.1 Å². The fourth-order valence-corrected chi connectivity index (χ4v) is 8.44. The quantitative estimate of drug-likeness (QED) is 0.582. The monoisotopic (exact) mass is 260 g/mol. The summed E-state index contributed by atoms with van der Waals surface area (Å²) in [7, 11) is -2.16. The van der Waals surface area contributed by atoms with Gasteiger partial charge in [-0.3, -0.25) is 0 Å². The van der Waals surface area contributed by atoms with Gasteiger partial charge in [-0.1, -0.05) is 49.4 Å². The highest BCUT2D eigenvalue weighted by Crippen LogP contribution is 2.69. The van der Waals surface area contributed by atoms with Crippen LogP contribution in [0.5, 0.6) is 0 Å². The lowest BCUT2D eigenvalue weighted by Crippen LogP contribution is -2.22. The van der Waals surface area contributed by atoms with E-state index in [1.54, 1.807) is 0 Å². The Morgan fingerprint density at radius 2 is 2.00 bits per heavy atom. The zero-order valence-electron chi connectivity index (χ0n) is 11.2. The number of allylic oxidation sites excluding steroid dienone is 1. The normalized spacial score (nSPS) is 42.1. The largest absolute Gasteiger partial charge is 0.318 e. The SMILES string of the molecule is C=C(C)[C@@H]1CC2C(C)[C@@H]1C[P@]2(=O)c1ccccc1. The molecular formula is C16H21OP. The first-order valence-corrected chi connectivity index (χ1v) is 8.80. The first-order valence-electron chi connectivity index (χ1n) is 6.84. The van der Waals surface area contributed by atoms with Crippen molar-refractivity contribution in [2.24, 2.45) is 17.8 Å². The van der Waals surface area contributed by atoms with Gasteiger partial charge < -0.3 is 4.57 Å². The van der Waals surface area contributed by atoms with Crippen molar-refractivity contribution in [1.29, 1.82) is 0 Å². The van der Waals surface area contributed by atoms with Crippen molar-refractivity contribution in [2.75, 3.05) is 6.16 Å². The summed E-state index contributed by atoms with van der Waals surface area (Å²) >= 11 is 0. The average molecular weight is 260 g/mol. The number of hydrogen-bond acceptors (Lipinski definition) is 1. The van der Waals surface area contributed by atoms with Gasteiger partial charge in [0.2, 0.25) is 0 Å². The van der Waals surface area contributed by atoms with Crippen LogP contribution in [0.1, 0.15) is 20.3 Å². The molecule has 2 aliphatic rings. The van der Waals surface area contributed by atoms with Crippen LogP contribution in [-0.2, 0) is 4.57 Å². The van der Waals surface area contributed by atoms with E-state index in [0.717, 1.165) is 17.9 Å². The highest BCUT2D eigenvalue weighted by atomic mass is 31.2. The molecule has 1 aromatic rings. The van der Waals surface area contributed by atoms with Crippen molar-refractivity contribution >= 4 is 12.4 Å². The number of hydrogen-bond donors (Lipinski definition) is 0. The highest BCUT2D eigenvalue weighted by molar-refractivity contribution is 7.72. The van der Waals surface area contributed by atoms with E-state index in [4.69, 9.17) is 0 Å². The summed E-state index contributed by atoms with van der Waals surface area (Å²) in [5.41, 5.74) is 1.68. The molecule has 1 saturated carbocycles. The Labute approximate surface area is 110 Å². The van der Waals surface area contributed by atoms with Crippen LogP contribution >= 0.6 is 7.14 Å². The molecule has 2 fully saturated rings. The van der Waals surface area contributed by atoms with Crippen LogP contribution in [-0.4, -0.2) is 11.8 Å². The molecule has 2 bridgehead atoms. The fourth-order valence-electron chi connectivity index (χ4n) is 4.14. The van der Waals surface area contributed by atoms with E-state index in [1.807, 2.05) is 18.2 Å². The minimum absolute atomic E-state index is 0.395. The molecule has 1 heterocycles. The molecule has 0 aromatic heterocycles. The lowest BCUT2D eigenvalue weighted by molar-refractivity contribution is 0.413. The molecule has 96 valence electrons. The minimum atomic E-state index is -2.16. The summed E-state index contributed by atoms with van der Waals surface area (Å²) < 4.78 is 13.4. The Morgan fingerprint density at radius 1 is 1.33 bits per heavy atom. The third-order valence-corrected chi connectivity index (χ3v) is 9.03. The van der Waals surface area contributed by atoms with Crippen LogP contribution < -0.4 is 5.30 Å². The lowest BCUT2D eigenvalue weighted by atomic mass is 9.88. The van der Waals surface area contributed by atoms with E-state index in [2.05, 4.69) is 32.6 Å². The standard InChI is InChI=1S/C16H21OP/c1-11(2)14-9-16-12(3)15(14)10-18(16,17)13-7-5-4-6-8-13/h4-8,12,14-16H,1,9-10H2,2-3H3/t12?,14-,15-,16?,18-/m0/s1. The molecule has 0 spiro atoms. The maximum atomic E-state index is 13.4. The molecule has 3 rings (SSSR count). The first kappa shape index (κ1) is 12.2. The van der Waals surface area contributed by atoms with E-state index < -0.39 is 7.14 Å². The molecule has 2 heteroatoms. The molecule has 1 aliphatic carbocycles. The summed E-state index contributed by atoms with van der Waals surface area (Å²) in [6, 6.07) is 10.2. The van der Waals surface area contributed by atoms with Gasteiger partial charge >= 0.3 is 0 Å². The average Bonchev–Trinajstić information content (AvgIpc) is 2.81. The van der Waals surface area contributed by atoms with E-state index in [1.165, 1.54) is 5.57 Å². The first-order chi connectivity index (χ1) is 8.54. The Hall–Kier alpha value is -0.810. The van der Waals surface area contributed by atoms with Crippen LogP contribution in [0.4, 0.5) is 0 Å². The topological polar surface area (TPSA) is 17.1 Å². The van der Waals surface area contributed by atoms with Gasteiger partial charge in [-0.2, -0.15) is 0 Å². The van der Waals surface area contributed by atoms with Gasteiger partial charge in [-0.25, -0.2) is 0 Å². The smallest absolute Gasteiger partial charge is 0.119 e. The van der Waals surface area contributed by atoms with E-state index >= 15 is 0 Å². The molecule has 5 atom stereocenters. The molecular weight excluding hydrogens is 239 g/mol. The van der Waals surface area contributed by atoms with E-state index in [9.17, 15) is 4.57 Å². The van der Waals surface area contributed by atoms with Crippen molar-refractivity contribution in [3.63, 3.8) is 0 Å². The van der Waals surface area contributed by atoms with Crippen LogP contribution in [0.15, 0.2) is 42.5 Å². The minimum Gasteiger partial charge on any atom is -0.318 e.